The van der Waals surface area contributed by atoms with Crippen molar-refractivity contribution in [3.05, 3.63) is 68.8 Å². The number of aromatic hydroxyl groups is 2. The summed E-state index contributed by atoms with van der Waals surface area (Å²) in [6.45, 7) is 16.6. The maximum atomic E-state index is 13.3. The van der Waals surface area contributed by atoms with E-state index in [0.717, 1.165) is 44.5 Å². The zero-order chi connectivity index (χ0) is 25.3. The van der Waals surface area contributed by atoms with Gasteiger partial charge in [-0.25, -0.2) is 0 Å². The Morgan fingerprint density at radius 1 is 0.588 bits per heavy atom. The zero-order valence-corrected chi connectivity index (χ0v) is 22.0. The van der Waals surface area contributed by atoms with Gasteiger partial charge in [0.15, 0.2) is 5.78 Å². The molecule has 0 spiro atoms. The number of hydrogen-bond acceptors (Lipinski definition) is 3. The van der Waals surface area contributed by atoms with Crippen molar-refractivity contribution in [2.24, 2.45) is 0 Å². The third kappa shape index (κ3) is 5.29. The van der Waals surface area contributed by atoms with E-state index in [-0.39, 0.29) is 29.5 Å². The highest BCUT2D eigenvalue weighted by Crippen LogP contribution is 2.38. The number of hydrogen-bond donors (Lipinski definition) is 2. The molecule has 0 heterocycles. The molecule has 0 saturated heterocycles. The van der Waals surface area contributed by atoms with Crippen LogP contribution in [0.15, 0.2) is 35.4 Å². The molecule has 0 unspecified atom stereocenters. The van der Waals surface area contributed by atoms with Crippen molar-refractivity contribution in [1.82, 2.24) is 0 Å². The molecule has 1 saturated carbocycles. The van der Waals surface area contributed by atoms with Gasteiger partial charge in [-0.1, -0.05) is 55.4 Å². The van der Waals surface area contributed by atoms with Gasteiger partial charge in [-0.05, 0) is 106 Å². The predicted molar refractivity (Wildman–Crippen MR) is 143 cm³/mol. The second kappa shape index (κ2) is 10.2. The Morgan fingerprint density at radius 2 is 0.853 bits per heavy atom. The summed E-state index contributed by atoms with van der Waals surface area (Å²) in [6.07, 6.45) is 5.42. The lowest BCUT2D eigenvalue weighted by Crippen LogP contribution is -2.00. The molecule has 0 amide bonds. The molecular formula is C31H40O3. The summed E-state index contributed by atoms with van der Waals surface area (Å²) in [5.74, 6) is 1.64. The van der Waals surface area contributed by atoms with Crippen molar-refractivity contribution in [3.8, 4) is 11.5 Å². The molecule has 1 aliphatic carbocycles. The molecule has 0 bridgehead atoms. The van der Waals surface area contributed by atoms with Gasteiger partial charge < -0.3 is 10.2 Å². The van der Waals surface area contributed by atoms with Gasteiger partial charge in [-0.2, -0.15) is 0 Å². The second-order valence-electron chi connectivity index (χ2n) is 10.9. The zero-order valence-electron chi connectivity index (χ0n) is 22.0. The van der Waals surface area contributed by atoms with Gasteiger partial charge in [-0.3, -0.25) is 4.79 Å². The second-order valence-corrected chi connectivity index (χ2v) is 10.9. The van der Waals surface area contributed by atoms with Crippen molar-refractivity contribution >= 4 is 17.9 Å². The molecule has 1 fully saturated rings. The summed E-state index contributed by atoms with van der Waals surface area (Å²) in [7, 11) is 0. The summed E-state index contributed by atoms with van der Waals surface area (Å²) in [5.41, 5.74) is 7.27. The molecule has 1 aliphatic rings. The van der Waals surface area contributed by atoms with Crippen LogP contribution < -0.4 is 0 Å². The fourth-order valence-electron chi connectivity index (χ4n) is 4.72. The minimum Gasteiger partial charge on any atom is -0.507 e. The maximum Gasteiger partial charge on any atom is 0.185 e. The van der Waals surface area contributed by atoms with Gasteiger partial charge in [0, 0.05) is 11.1 Å². The van der Waals surface area contributed by atoms with Crippen molar-refractivity contribution in [3.63, 3.8) is 0 Å². The van der Waals surface area contributed by atoms with Gasteiger partial charge in [-0.15, -0.1) is 0 Å². The molecule has 3 nitrogen and oxygen atoms in total. The highest BCUT2D eigenvalue weighted by Gasteiger charge is 2.24. The van der Waals surface area contributed by atoms with Crippen molar-refractivity contribution in [2.45, 2.75) is 91.9 Å². The van der Waals surface area contributed by atoms with Crippen LogP contribution in [-0.4, -0.2) is 16.0 Å². The van der Waals surface area contributed by atoms with Gasteiger partial charge >= 0.3 is 0 Å². The molecule has 0 aliphatic heterocycles. The van der Waals surface area contributed by atoms with E-state index >= 15 is 0 Å². The van der Waals surface area contributed by atoms with Crippen LogP contribution in [-0.2, 0) is 4.79 Å². The van der Waals surface area contributed by atoms with Gasteiger partial charge in [0.25, 0.3) is 0 Å². The SMILES string of the molecule is CC(C)c1cc(/C=C2/CC/C(=C\c3cc(C(C)C)c(O)c(C(C)C)c3)C2=O)cc(C(C)C)c1O. The first-order valence-corrected chi connectivity index (χ1v) is 12.6. The summed E-state index contributed by atoms with van der Waals surface area (Å²) < 4.78 is 0. The molecular weight excluding hydrogens is 420 g/mol. The van der Waals surface area contributed by atoms with Crippen LogP contribution >= 0.6 is 0 Å². The highest BCUT2D eigenvalue weighted by molar-refractivity contribution is 6.15. The predicted octanol–water partition coefficient (Wildman–Crippen LogP) is 8.42. The molecule has 0 atom stereocenters. The van der Waals surface area contributed by atoms with Crippen LogP contribution in [0, 0.1) is 0 Å². The number of carbonyl (C=O) groups excluding carboxylic acids is 1. The lowest BCUT2D eigenvalue weighted by Gasteiger charge is -2.17. The van der Waals surface area contributed by atoms with Crippen LogP contribution in [0.4, 0.5) is 0 Å². The van der Waals surface area contributed by atoms with Crippen LogP contribution in [0.25, 0.3) is 12.2 Å². The molecule has 3 heteroatoms. The Bertz CT molecular complexity index is 996. The number of ketones is 1. The van der Waals surface area contributed by atoms with Crippen molar-refractivity contribution in [2.75, 3.05) is 0 Å². The maximum absolute atomic E-state index is 13.3. The highest BCUT2D eigenvalue weighted by atomic mass is 16.3. The van der Waals surface area contributed by atoms with E-state index in [4.69, 9.17) is 0 Å². The lowest BCUT2D eigenvalue weighted by molar-refractivity contribution is -0.111. The molecule has 182 valence electrons. The number of allylic oxidation sites excluding steroid dienone is 2. The van der Waals surface area contributed by atoms with Crippen LogP contribution in [0.1, 0.15) is 125 Å². The number of benzene rings is 2. The Labute approximate surface area is 205 Å². The number of phenols is 2. The first-order valence-electron chi connectivity index (χ1n) is 12.6. The summed E-state index contributed by atoms with van der Waals surface area (Å²) in [4.78, 5) is 13.3. The fraction of sp³-hybridized carbons (Fsp3) is 0.452. The van der Waals surface area contributed by atoms with Crippen molar-refractivity contribution < 1.29 is 15.0 Å². The minimum absolute atomic E-state index is 0.0931. The molecule has 3 rings (SSSR count). The third-order valence-electron chi connectivity index (χ3n) is 6.80. The third-order valence-corrected chi connectivity index (χ3v) is 6.80. The van der Waals surface area contributed by atoms with Crippen LogP contribution in [0.5, 0.6) is 11.5 Å². The average Bonchev–Trinajstić information content (AvgIpc) is 3.08. The number of phenolic OH excluding ortho intramolecular Hbond substituents is 2. The minimum atomic E-state index is 0.0931. The van der Waals surface area contributed by atoms with E-state index in [1.807, 2.05) is 36.4 Å². The Hall–Kier alpha value is -2.81. The monoisotopic (exact) mass is 460 g/mol. The smallest absolute Gasteiger partial charge is 0.185 e. The van der Waals surface area contributed by atoms with E-state index in [9.17, 15) is 15.0 Å². The van der Waals surface area contributed by atoms with E-state index < -0.39 is 0 Å². The Balaban J connectivity index is 2.00. The summed E-state index contributed by atoms with van der Waals surface area (Å²) >= 11 is 0. The van der Waals surface area contributed by atoms with Gasteiger partial charge in [0.05, 0.1) is 0 Å². The first kappa shape index (κ1) is 25.8. The van der Waals surface area contributed by atoms with E-state index in [1.165, 1.54) is 0 Å². The Morgan fingerprint density at radius 3 is 1.09 bits per heavy atom. The van der Waals surface area contributed by atoms with Crippen molar-refractivity contribution in [1.29, 1.82) is 0 Å². The molecule has 0 aromatic heterocycles. The number of Topliss-reactive ketones (excluding diaryl/α,β-unsaturated/α-hetero) is 1. The standard InChI is InChI=1S/C31H40O3/c1-17(2)25-13-21(14-26(18(3)4)30(25)33)11-23-9-10-24(29(23)32)12-22-15-27(19(5)6)31(34)28(16-22)20(7)8/h11-20,33-34H,9-10H2,1-8H3/b23-11-,24-12+. The average molecular weight is 461 g/mol. The summed E-state index contributed by atoms with van der Waals surface area (Å²) in [5, 5.41) is 21.4. The normalized spacial score (nSPS) is 16.9. The lowest BCUT2D eigenvalue weighted by atomic mass is 9.90. The van der Waals surface area contributed by atoms with E-state index in [0.29, 0.717) is 24.3 Å². The van der Waals surface area contributed by atoms with Gasteiger partial charge in [0.1, 0.15) is 11.5 Å². The Kier molecular flexibility index (Phi) is 7.75. The largest absolute Gasteiger partial charge is 0.507 e. The molecule has 2 N–H and O–H groups in total. The fourth-order valence-corrected chi connectivity index (χ4v) is 4.72. The number of carbonyl (C=O) groups is 1. The number of rotatable bonds is 6. The molecule has 2 aromatic rings. The first-order chi connectivity index (χ1) is 15.9. The molecule has 0 radical (unpaired) electrons. The molecule has 2 aromatic carbocycles. The van der Waals surface area contributed by atoms with Gasteiger partial charge in [0.2, 0.25) is 0 Å². The van der Waals surface area contributed by atoms with Crippen LogP contribution in [0.2, 0.25) is 0 Å². The summed E-state index contributed by atoms with van der Waals surface area (Å²) in [6, 6.07) is 8.05. The van der Waals surface area contributed by atoms with E-state index in [2.05, 4.69) is 55.4 Å². The molecule has 34 heavy (non-hydrogen) atoms. The quantitative estimate of drug-likeness (QED) is 0.425. The van der Waals surface area contributed by atoms with Crippen LogP contribution in [0.3, 0.4) is 0 Å². The topological polar surface area (TPSA) is 57.5 Å². The van der Waals surface area contributed by atoms with E-state index in [1.54, 1.807) is 0 Å².